The predicted octanol–water partition coefficient (Wildman–Crippen LogP) is 0.770. The molecule has 2 rings (SSSR count). The summed E-state index contributed by atoms with van der Waals surface area (Å²) in [5.74, 6) is 0.411. The van der Waals surface area contributed by atoms with Crippen LogP contribution in [0.3, 0.4) is 0 Å². The first kappa shape index (κ1) is 15.4. The first-order valence-electron chi connectivity index (χ1n) is 6.83. The summed E-state index contributed by atoms with van der Waals surface area (Å²) in [5, 5.41) is 27.0. The zero-order chi connectivity index (χ0) is 15.3. The van der Waals surface area contributed by atoms with E-state index in [1.54, 1.807) is 0 Å². The first-order chi connectivity index (χ1) is 10.0. The molecule has 1 aromatic heterocycles. The molecule has 0 aliphatic carbocycles. The Morgan fingerprint density at radius 3 is 3.00 bits per heavy atom. The number of rotatable bonds is 7. The lowest BCUT2D eigenvalue weighted by Gasteiger charge is -2.20. The molecular weight excluding hydrogens is 278 g/mol. The van der Waals surface area contributed by atoms with Gasteiger partial charge in [0.1, 0.15) is 11.8 Å². The minimum Gasteiger partial charge on any atom is -0.386 e. The summed E-state index contributed by atoms with van der Waals surface area (Å²) in [5.41, 5.74) is -1.24. The van der Waals surface area contributed by atoms with Crippen molar-refractivity contribution in [1.29, 1.82) is 0 Å². The molecule has 0 radical (unpaired) electrons. The normalized spacial score (nSPS) is 21.2. The van der Waals surface area contributed by atoms with Gasteiger partial charge in [-0.1, -0.05) is 6.92 Å². The number of ether oxygens (including phenoxy) is 1. The summed E-state index contributed by atoms with van der Waals surface area (Å²) in [6.07, 6.45) is 2.53. The fraction of sp³-hybridized carbons (Fsp3) is 0.667. The second-order valence-corrected chi connectivity index (χ2v) is 4.99. The zero-order valence-corrected chi connectivity index (χ0v) is 11.8. The highest BCUT2D eigenvalue weighted by atomic mass is 16.6. The van der Waals surface area contributed by atoms with E-state index in [0.717, 1.165) is 12.6 Å². The molecule has 0 amide bonds. The van der Waals surface area contributed by atoms with E-state index >= 15 is 0 Å². The molecule has 1 fully saturated rings. The van der Waals surface area contributed by atoms with E-state index in [9.17, 15) is 15.2 Å². The minimum atomic E-state index is -1.02. The van der Waals surface area contributed by atoms with Gasteiger partial charge in [0.25, 0.3) is 0 Å². The van der Waals surface area contributed by atoms with Crippen LogP contribution in [-0.2, 0) is 4.74 Å². The molecule has 2 heterocycles. The number of anilines is 2. The van der Waals surface area contributed by atoms with Crippen molar-refractivity contribution >= 4 is 17.5 Å². The lowest BCUT2D eigenvalue weighted by molar-refractivity contribution is -0.384. The van der Waals surface area contributed by atoms with E-state index < -0.39 is 10.5 Å². The van der Waals surface area contributed by atoms with Gasteiger partial charge in [-0.3, -0.25) is 10.1 Å². The molecule has 116 valence electrons. The third kappa shape index (κ3) is 3.99. The molecule has 1 saturated heterocycles. The summed E-state index contributed by atoms with van der Waals surface area (Å²) in [6, 6.07) is 0. The minimum absolute atomic E-state index is 0.0916. The molecule has 9 heteroatoms. The molecule has 3 N–H and O–H groups in total. The van der Waals surface area contributed by atoms with Crippen molar-refractivity contribution < 1.29 is 14.8 Å². The van der Waals surface area contributed by atoms with Crippen LogP contribution in [0.5, 0.6) is 0 Å². The maximum absolute atomic E-state index is 11.0. The summed E-state index contributed by atoms with van der Waals surface area (Å²) >= 11 is 0. The van der Waals surface area contributed by atoms with E-state index in [1.807, 2.05) is 6.92 Å². The van der Waals surface area contributed by atoms with E-state index in [-0.39, 0.29) is 24.7 Å². The average Bonchev–Trinajstić information content (AvgIpc) is 2.90. The Balaban J connectivity index is 2.11. The van der Waals surface area contributed by atoms with E-state index in [4.69, 9.17) is 4.74 Å². The van der Waals surface area contributed by atoms with Crippen LogP contribution in [-0.4, -0.2) is 51.9 Å². The number of nitro groups is 1. The van der Waals surface area contributed by atoms with Crippen LogP contribution in [0.1, 0.15) is 19.8 Å². The predicted molar refractivity (Wildman–Crippen MR) is 76.3 cm³/mol. The Hall–Kier alpha value is -2.00. The molecule has 1 unspecified atom stereocenters. The lowest BCUT2D eigenvalue weighted by atomic mass is 10.0. The smallest absolute Gasteiger partial charge is 0.329 e. The number of hydrogen-bond acceptors (Lipinski definition) is 8. The highest BCUT2D eigenvalue weighted by molar-refractivity contribution is 5.57. The van der Waals surface area contributed by atoms with E-state index in [2.05, 4.69) is 20.6 Å². The third-order valence-electron chi connectivity index (χ3n) is 3.17. The van der Waals surface area contributed by atoms with Gasteiger partial charge in [0.05, 0.1) is 11.5 Å². The van der Waals surface area contributed by atoms with Gasteiger partial charge in [-0.05, 0) is 6.42 Å². The molecule has 1 aliphatic heterocycles. The number of nitrogens with zero attached hydrogens (tertiary/aromatic N) is 3. The van der Waals surface area contributed by atoms with E-state index in [0.29, 0.717) is 25.5 Å². The van der Waals surface area contributed by atoms with Crippen molar-refractivity contribution in [3.8, 4) is 0 Å². The second kappa shape index (κ2) is 6.64. The van der Waals surface area contributed by atoms with Crippen LogP contribution in [0.25, 0.3) is 0 Å². The topological polar surface area (TPSA) is 122 Å². The van der Waals surface area contributed by atoms with Gasteiger partial charge in [0, 0.05) is 26.1 Å². The van der Waals surface area contributed by atoms with Crippen LogP contribution >= 0.6 is 0 Å². The Morgan fingerprint density at radius 1 is 1.57 bits per heavy atom. The molecule has 0 aromatic carbocycles. The van der Waals surface area contributed by atoms with Gasteiger partial charge < -0.3 is 20.5 Å². The summed E-state index contributed by atoms with van der Waals surface area (Å²) in [6.45, 7) is 3.49. The van der Waals surface area contributed by atoms with Crippen LogP contribution in [0.4, 0.5) is 17.5 Å². The van der Waals surface area contributed by atoms with Crippen molar-refractivity contribution in [3.63, 3.8) is 0 Å². The molecule has 0 spiro atoms. The van der Waals surface area contributed by atoms with Crippen LogP contribution in [0.15, 0.2) is 6.20 Å². The molecule has 0 saturated carbocycles. The first-order valence-corrected chi connectivity index (χ1v) is 6.83. The van der Waals surface area contributed by atoms with Gasteiger partial charge in [-0.2, -0.15) is 4.98 Å². The van der Waals surface area contributed by atoms with Gasteiger partial charge >= 0.3 is 5.69 Å². The average molecular weight is 297 g/mol. The van der Waals surface area contributed by atoms with Gasteiger partial charge in [-0.25, -0.2) is 4.98 Å². The highest BCUT2D eigenvalue weighted by Gasteiger charge is 2.33. The summed E-state index contributed by atoms with van der Waals surface area (Å²) in [7, 11) is 0. The Labute approximate surface area is 121 Å². The molecule has 1 aromatic rings. The Morgan fingerprint density at radius 2 is 2.38 bits per heavy atom. The van der Waals surface area contributed by atoms with Crippen LogP contribution in [0.2, 0.25) is 0 Å². The number of hydrogen-bond donors (Lipinski definition) is 3. The lowest BCUT2D eigenvalue weighted by Crippen LogP contribution is -2.37. The number of aromatic nitrogens is 2. The molecule has 0 bridgehead atoms. The van der Waals surface area contributed by atoms with Crippen molar-refractivity contribution in [2.24, 2.45) is 0 Å². The molecular formula is C12H19N5O4. The monoisotopic (exact) mass is 297 g/mol. The van der Waals surface area contributed by atoms with Gasteiger partial charge in [-0.15, -0.1) is 0 Å². The number of aliphatic hydroxyl groups is 1. The Kier molecular flexibility index (Phi) is 4.86. The van der Waals surface area contributed by atoms with Gasteiger partial charge in [0.15, 0.2) is 0 Å². The molecule has 9 nitrogen and oxygen atoms in total. The fourth-order valence-corrected chi connectivity index (χ4v) is 1.95. The van der Waals surface area contributed by atoms with Crippen molar-refractivity contribution in [1.82, 2.24) is 9.97 Å². The largest absolute Gasteiger partial charge is 0.386 e. The van der Waals surface area contributed by atoms with Gasteiger partial charge in [0.2, 0.25) is 11.8 Å². The quantitative estimate of drug-likeness (QED) is 0.498. The third-order valence-corrected chi connectivity index (χ3v) is 3.17. The van der Waals surface area contributed by atoms with Crippen LogP contribution < -0.4 is 10.6 Å². The number of nitrogens with one attached hydrogen (secondary N) is 2. The summed E-state index contributed by atoms with van der Waals surface area (Å²) in [4.78, 5) is 18.4. The van der Waals surface area contributed by atoms with Crippen molar-refractivity contribution in [3.05, 3.63) is 16.3 Å². The maximum atomic E-state index is 11.0. The fourth-order valence-electron chi connectivity index (χ4n) is 1.95. The zero-order valence-electron chi connectivity index (χ0n) is 11.8. The van der Waals surface area contributed by atoms with Crippen molar-refractivity contribution in [2.45, 2.75) is 25.4 Å². The summed E-state index contributed by atoms with van der Waals surface area (Å²) < 4.78 is 5.13. The molecule has 1 atom stereocenters. The van der Waals surface area contributed by atoms with E-state index in [1.165, 1.54) is 0 Å². The van der Waals surface area contributed by atoms with Crippen molar-refractivity contribution in [2.75, 3.05) is 36.9 Å². The highest BCUT2D eigenvalue weighted by Crippen LogP contribution is 2.24. The second-order valence-electron chi connectivity index (χ2n) is 4.99. The Bertz CT molecular complexity index is 504. The van der Waals surface area contributed by atoms with Crippen LogP contribution in [0, 0.1) is 10.1 Å². The maximum Gasteiger partial charge on any atom is 0.329 e. The molecule has 1 aliphatic rings. The molecule has 21 heavy (non-hydrogen) atoms. The SMILES string of the molecule is CCCNc1ncc([N+](=O)[O-])c(NCC2(O)CCOC2)n1. The standard InChI is InChI=1S/C12H19N5O4/c1-2-4-13-11-14-6-9(17(19)20)10(16-11)15-7-12(18)3-5-21-8-12/h6,18H,2-5,7-8H2,1H3,(H2,13,14,15,16).